The number of aliphatic hydroxyl groups excluding tert-OH is 1. The largest absolute Gasteiger partial charge is 0.507 e. The Balaban J connectivity index is 1.91. The molecule has 0 bridgehead atoms. The van der Waals surface area contributed by atoms with Crippen LogP contribution in [0.1, 0.15) is 22.9 Å². The molecule has 3 aromatic rings. The number of ketones is 1. The summed E-state index contributed by atoms with van der Waals surface area (Å²) in [6, 6.07) is 9.54. The molecular weight excluding hydrogens is 408 g/mol. The fourth-order valence-corrected chi connectivity index (χ4v) is 3.63. The highest BCUT2D eigenvalue weighted by molar-refractivity contribution is 6.51. The Morgan fingerprint density at radius 3 is 2.48 bits per heavy atom. The lowest BCUT2D eigenvalue weighted by Gasteiger charge is -2.23. The zero-order chi connectivity index (χ0) is 22.3. The smallest absolute Gasteiger partial charge is 0.300 e. The van der Waals surface area contributed by atoms with Crippen LogP contribution in [0.4, 0.5) is 14.5 Å². The average Bonchev–Trinajstić information content (AvgIpc) is 3.37. The summed E-state index contributed by atoms with van der Waals surface area (Å²) in [7, 11) is 1.51. The number of hydrogen-bond donors (Lipinski definition) is 1. The van der Waals surface area contributed by atoms with Gasteiger partial charge in [0.05, 0.1) is 18.9 Å². The molecule has 8 heteroatoms. The molecule has 158 valence electrons. The number of rotatable bonds is 4. The third-order valence-electron chi connectivity index (χ3n) is 5.11. The second-order valence-corrected chi connectivity index (χ2v) is 6.97. The Bertz CT molecular complexity index is 1220. The van der Waals surface area contributed by atoms with Gasteiger partial charge in [-0.25, -0.2) is 8.78 Å². The van der Waals surface area contributed by atoms with E-state index in [1.807, 2.05) is 0 Å². The Morgan fingerprint density at radius 2 is 1.87 bits per heavy atom. The van der Waals surface area contributed by atoms with Crippen molar-refractivity contribution in [2.75, 3.05) is 12.0 Å². The van der Waals surface area contributed by atoms with E-state index in [0.29, 0.717) is 11.3 Å². The van der Waals surface area contributed by atoms with Crippen molar-refractivity contribution in [2.24, 2.45) is 0 Å². The second-order valence-electron chi connectivity index (χ2n) is 6.97. The number of carbonyl (C=O) groups is 2. The van der Waals surface area contributed by atoms with Crippen LogP contribution in [-0.4, -0.2) is 23.9 Å². The molecule has 1 saturated heterocycles. The van der Waals surface area contributed by atoms with Crippen LogP contribution in [0, 0.1) is 18.6 Å². The second kappa shape index (κ2) is 7.71. The van der Waals surface area contributed by atoms with Gasteiger partial charge in [0.25, 0.3) is 11.7 Å². The molecule has 1 aliphatic rings. The molecule has 4 rings (SSSR count). The van der Waals surface area contributed by atoms with Gasteiger partial charge in [-0.1, -0.05) is 0 Å². The van der Waals surface area contributed by atoms with Crippen molar-refractivity contribution < 1.29 is 32.6 Å². The highest BCUT2D eigenvalue weighted by atomic mass is 19.2. The fraction of sp³-hybridized carbons (Fsp3) is 0.130. The summed E-state index contributed by atoms with van der Waals surface area (Å²) in [6.07, 6.45) is 1.35. The zero-order valence-electron chi connectivity index (χ0n) is 16.6. The van der Waals surface area contributed by atoms with E-state index in [-0.39, 0.29) is 22.6 Å². The number of amides is 1. The van der Waals surface area contributed by atoms with Gasteiger partial charge >= 0.3 is 0 Å². The number of anilines is 1. The first-order valence-corrected chi connectivity index (χ1v) is 9.28. The molecule has 31 heavy (non-hydrogen) atoms. The molecule has 2 aromatic carbocycles. The third kappa shape index (κ3) is 3.35. The molecule has 0 radical (unpaired) electrons. The summed E-state index contributed by atoms with van der Waals surface area (Å²) in [4.78, 5) is 26.8. The first-order valence-electron chi connectivity index (χ1n) is 9.28. The zero-order valence-corrected chi connectivity index (χ0v) is 16.6. The Labute approximate surface area is 176 Å². The van der Waals surface area contributed by atoms with Gasteiger partial charge in [0, 0.05) is 17.3 Å². The van der Waals surface area contributed by atoms with E-state index in [0.717, 1.165) is 17.0 Å². The van der Waals surface area contributed by atoms with Crippen LogP contribution in [0.5, 0.6) is 5.75 Å². The molecule has 0 saturated carbocycles. The van der Waals surface area contributed by atoms with E-state index in [4.69, 9.17) is 9.15 Å². The minimum Gasteiger partial charge on any atom is -0.507 e. The van der Waals surface area contributed by atoms with Crippen molar-refractivity contribution in [1.82, 2.24) is 0 Å². The van der Waals surface area contributed by atoms with Gasteiger partial charge in [0.15, 0.2) is 11.6 Å². The third-order valence-corrected chi connectivity index (χ3v) is 5.11. The molecule has 1 N–H and O–H groups in total. The van der Waals surface area contributed by atoms with Gasteiger partial charge in [0.2, 0.25) is 0 Å². The maximum Gasteiger partial charge on any atom is 0.300 e. The molecule has 1 amide bonds. The molecule has 2 heterocycles. The normalized spacial score (nSPS) is 17.9. The highest BCUT2D eigenvalue weighted by Gasteiger charge is 2.48. The van der Waals surface area contributed by atoms with Crippen LogP contribution < -0.4 is 9.64 Å². The van der Waals surface area contributed by atoms with Crippen LogP contribution in [0.3, 0.4) is 0 Å². The number of Topliss-reactive ketones (excluding diaryl/α,β-unsaturated/α-hetero) is 1. The van der Waals surface area contributed by atoms with E-state index in [9.17, 15) is 23.5 Å². The maximum absolute atomic E-state index is 13.9. The van der Waals surface area contributed by atoms with E-state index >= 15 is 0 Å². The molecule has 0 spiro atoms. The minimum absolute atomic E-state index is 0.0487. The number of ether oxygens (including phenoxy) is 1. The lowest BCUT2D eigenvalue weighted by molar-refractivity contribution is -0.132. The summed E-state index contributed by atoms with van der Waals surface area (Å²) in [5.41, 5.74) is 0.718. The number of nitrogens with zero attached hydrogens (tertiary/aromatic N) is 1. The molecule has 1 fully saturated rings. The maximum atomic E-state index is 13.9. The van der Waals surface area contributed by atoms with Crippen molar-refractivity contribution in [1.29, 1.82) is 0 Å². The molecule has 1 aliphatic heterocycles. The average molecular weight is 425 g/mol. The van der Waals surface area contributed by atoms with Crippen molar-refractivity contribution in [2.45, 2.75) is 13.0 Å². The van der Waals surface area contributed by atoms with E-state index in [1.54, 1.807) is 31.2 Å². The molecule has 1 atom stereocenters. The van der Waals surface area contributed by atoms with Crippen molar-refractivity contribution in [3.05, 3.63) is 88.9 Å². The van der Waals surface area contributed by atoms with Crippen LogP contribution in [0.2, 0.25) is 0 Å². The molecular formula is C23H17F2NO5. The van der Waals surface area contributed by atoms with Crippen LogP contribution >= 0.6 is 0 Å². The number of hydrogen-bond acceptors (Lipinski definition) is 5. The fourth-order valence-electron chi connectivity index (χ4n) is 3.63. The lowest BCUT2D eigenvalue weighted by Crippen LogP contribution is -2.29. The number of aryl methyl sites for hydroxylation is 1. The number of methoxy groups -OCH3 is 1. The summed E-state index contributed by atoms with van der Waals surface area (Å²) < 4.78 is 37.9. The van der Waals surface area contributed by atoms with Crippen LogP contribution in [0.25, 0.3) is 5.76 Å². The van der Waals surface area contributed by atoms with Crippen molar-refractivity contribution in [3.8, 4) is 5.75 Å². The first-order chi connectivity index (χ1) is 14.8. The van der Waals surface area contributed by atoms with E-state index in [1.165, 1.54) is 25.5 Å². The van der Waals surface area contributed by atoms with Gasteiger partial charge in [-0.05, 0) is 55.0 Å². The van der Waals surface area contributed by atoms with Gasteiger partial charge in [-0.2, -0.15) is 0 Å². The van der Waals surface area contributed by atoms with E-state index < -0.39 is 35.1 Å². The summed E-state index contributed by atoms with van der Waals surface area (Å²) in [5.74, 6) is -3.91. The van der Waals surface area contributed by atoms with Crippen LogP contribution in [0.15, 0.2) is 64.8 Å². The van der Waals surface area contributed by atoms with E-state index in [2.05, 4.69) is 0 Å². The van der Waals surface area contributed by atoms with Crippen molar-refractivity contribution in [3.63, 3.8) is 0 Å². The number of carbonyl (C=O) groups excluding carboxylic acids is 2. The molecule has 0 aliphatic carbocycles. The number of halogens is 2. The topological polar surface area (TPSA) is 80.0 Å². The number of furan rings is 1. The standard InChI is InChI=1S/C23H17F2NO5/c1-12-10-13(5-8-17(12)30-2)21(27)19-20(18-4-3-9-31-18)26(23(29)22(19)28)14-6-7-15(24)16(25)11-14/h3-11,20,27H,1-2H3/b21-19-. The van der Waals surface area contributed by atoms with Gasteiger partial charge in [-0.15, -0.1) is 0 Å². The summed E-state index contributed by atoms with van der Waals surface area (Å²) in [6.45, 7) is 1.76. The molecule has 1 aromatic heterocycles. The first kappa shape index (κ1) is 20.3. The monoisotopic (exact) mass is 425 g/mol. The molecule has 6 nitrogen and oxygen atoms in total. The predicted molar refractivity (Wildman–Crippen MR) is 108 cm³/mol. The number of aliphatic hydroxyl groups is 1. The highest BCUT2D eigenvalue weighted by Crippen LogP contribution is 2.42. The van der Waals surface area contributed by atoms with Crippen molar-refractivity contribution >= 4 is 23.1 Å². The summed E-state index contributed by atoms with van der Waals surface area (Å²) >= 11 is 0. The molecule has 1 unspecified atom stereocenters. The van der Waals surface area contributed by atoms with Gasteiger partial charge < -0.3 is 14.3 Å². The Kier molecular flexibility index (Phi) is 5.06. The lowest BCUT2D eigenvalue weighted by atomic mass is 9.98. The Hall–Kier alpha value is -3.94. The summed E-state index contributed by atoms with van der Waals surface area (Å²) in [5, 5.41) is 11.0. The SMILES string of the molecule is COc1ccc(/C(O)=C2/C(=O)C(=O)N(c3ccc(F)c(F)c3)C2c2ccco2)cc1C. The number of benzene rings is 2. The Morgan fingerprint density at radius 1 is 1.10 bits per heavy atom. The van der Waals surface area contributed by atoms with Crippen LogP contribution in [-0.2, 0) is 9.59 Å². The minimum atomic E-state index is -1.18. The van der Waals surface area contributed by atoms with Gasteiger partial charge in [-0.3, -0.25) is 14.5 Å². The quantitative estimate of drug-likeness (QED) is 0.378. The predicted octanol–water partition coefficient (Wildman–Crippen LogP) is 4.50. The van der Waals surface area contributed by atoms with Gasteiger partial charge in [0.1, 0.15) is 23.3 Å².